The number of carbonyl (C=O) groups is 3. The third kappa shape index (κ3) is 4.72. The summed E-state index contributed by atoms with van der Waals surface area (Å²) >= 11 is 0. The molecule has 0 bridgehead atoms. The van der Waals surface area contributed by atoms with Crippen LogP contribution in [0.15, 0.2) is 12.2 Å². The van der Waals surface area contributed by atoms with Crippen molar-refractivity contribution >= 4 is 17.7 Å². The zero-order valence-electron chi connectivity index (χ0n) is 10.1. The number of amides is 1. The van der Waals surface area contributed by atoms with Crippen molar-refractivity contribution in [3.05, 3.63) is 12.2 Å². The van der Waals surface area contributed by atoms with E-state index in [0.29, 0.717) is 5.57 Å². The van der Waals surface area contributed by atoms with Crippen LogP contribution in [-0.2, 0) is 19.1 Å². The summed E-state index contributed by atoms with van der Waals surface area (Å²) in [4.78, 5) is 34.4. The highest BCUT2D eigenvalue weighted by Gasteiger charge is 2.18. The second kappa shape index (κ2) is 6.05. The molecular formula is C11H17NO4. The SMILES string of the molecule is C=C(C)C(=O)OC(C)CN(C)C(=O)C(C)=O. The van der Waals surface area contributed by atoms with Crippen LogP contribution in [-0.4, -0.2) is 42.3 Å². The van der Waals surface area contributed by atoms with Gasteiger partial charge in [-0.1, -0.05) is 6.58 Å². The maximum Gasteiger partial charge on any atom is 0.333 e. The number of ketones is 1. The van der Waals surface area contributed by atoms with Crippen molar-refractivity contribution in [1.82, 2.24) is 4.90 Å². The quantitative estimate of drug-likeness (QED) is 0.390. The maximum absolute atomic E-state index is 11.2. The second-order valence-electron chi connectivity index (χ2n) is 3.74. The average molecular weight is 227 g/mol. The minimum atomic E-state index is -0.599. The molecule has 90 valence electrons. The van der Waals surface area contributed by atoms with Crippen molar-refractivity contribution < 1.29 is 19.1 Å². The van der Waals surface area contributed by atoms with E-state index in [-0.39, 0.29) is 6.54 Å². The summed E-state index contributed by atoms with van der Waals surface area (Å²) in [6.45, 7) is 8.00. The molecule has 0 aliphatic heterocycles. The number of hydrogen-bond acceptors (Lipinski definition) is 4. The van der Waals surface area contributed by atoms with Crippen LogP contribution in [0.2, 0.25) is 0 Å². The topological polar surface area (TPSA) is 63.7 Å². The Hall–Kier alpha value is -1.65. The molecule has 0 aliphatic rings. The molecule has 0 aromatic carbocycles. The summed E-state index contributed by atoms with van der Waals surface area (Å²) in [5, 5.41) is 0. The fourth-order valence-corrected chi connectivity index (χ4v) is 1.06. The molecule has 0 aromatic heterocycles. The Morgan fingerprint density at radius 3 is 2.19 bits per heavy atom. The van der Waals surface area contributed by atoms with Gasteiger partial charge in [0, 0.05) is 19.5 Å². The van der Waals surface area contributed by atoms with Crippen LogP contribution in [0.4, 0.5) is 0 Å². The lowest BCUT2D eigenvalue weighted by atomic mass is 10.3. The van der Waals surface area contributed by atoms with Crippen molar-refractivity contribution in [2.75, 3.05) is 13.6 Å². The number of rotatable bonds is 5. The van der Waals surface area contributed by atoms with Gasteiger partial charge in [-0.2, -0.15) is 0 Å². The molecular weight excluding hydrogens is 210 g/mol. The Balaban J connectivity index is 4.20. The molecule has 0 saturated carbocycles. The van der Waals surface area contributed by atoms with E-state index >= 15 is 0 Å². The van der Waals surface area contributed by atoms with Crippen LogP contribution < -0.4 is 0 Å². The first-order chi connectivity index (χ1) is 7.25. The van der Waals surface area contributed by atoms with E-state index in [1.54, 1.807) is 13.8 Å². The number of Topliss-reactive ketones (excluding diaryl/α,β-unsaturated/α-hetero) is 1. The largest absolute Gasteiger partial charge is 0.457 e. The van der Waals surface area contributed by atoms with Crippen molar-refractivity contribution in [2.24, 2.45) is 0 Å². The van der Waals surface area contributed by atoms with E-state index in [1.165, 1.54) is 18.9 Å². The predicted octanol–water partition coefficient (Wildman–Crippen LogP) is 0.542. The Bertz CT molecular complexity index is 322. The highest BCUT2D eigenvalue weighted by atomic mass is 16.5. The summed E-state index contributed by atoms with van der Waals surface area (Å²) in [7, 11) is 1.48. The monoisotopic (exact) mass is 227 g/mol. The Morgan fingerprint density at radius 2 is 1.81 bits per heavy atom. The van der Waals surface area contributed by atoms with Crippen molar-refractivity contribution in [3.8, 4) is 0 Å². The van der Waals surface area contributed by atoms with Crippen LogP contribution >= 0.6 is 0 Å². The van der Waals surface area contributed by atoms with Crippen LogP contribution in [0, 0.1) is 0 Å². The molecule has 0 N–H and O–H groups in total. The number of likely N-dealkylation sites (N-methyl/N-ethyl adjacent to an activating group) is 1. The molecule has 1 atom stereocenters. The van der Waals surface area contributed by atoms with E-state index < -0.39 is 23.8 Å². The van der Waals surface area contributed by atoms with Gasteiger partial charge in [0.2, 0.25) is 5.78 Å². The summed E-state index contributed by atoms with van der Waals surface area (Å²) in [5.74, 6) is -1.64. The highest BCUT2D eigenvalue weighted by molar-refractivity contribution is 6.34. The van der Waals surface area contributed by atoms with E-state index in [1.807, 2.05) is 0 Å². The Kier molecular flexibility index (Phi) is 5.42. The number of nitrogens with zero attached hydrogens (tertiary/aromatic N) is 1. The van der Waals surface area contributed by atoms with Crippen molar-refractivity contribution in [3.63, 3.8) is 0 Å². The Labute approximate surface area is 95.1 Å². The molecule has 0 saturated heterocycles. The van der Waals surface area contributed by atoms with Crippen LogP contribution in [0.5, 0.6) is 0 Å². The van der Waals surface area contributed by atoms with E-state index in [9.17, 15) is 14.4 Å². The number of ether oxygens (including phenoxy) is 1. The third-order valence-corrected chi connectivity index (χ3v) is 1.84. The molecule has 5 nitrogen and oxygen atoms in total. The number of esters is 1. The molecule has 0 radical (unpaired) electrons. The summed E-state index contributed by atoms with van der Waals surface area (Å²) in [6, 6.07) is 0. The van der Waals surface area contributed by atoms with E-state index in [0.717, 1.165) is 0 Å². The van der Waals surface area contributed by atoms with E-state index in [4.69, 9.17) is 4.74 Å². The molecule has 1 amide bonds. The average Bonchev–Trinajstić information content (AvgIpc) is 2.15. The van der Waals surface area contributed by atoms with Gasteiger partial charge in [-0.05, 0) is 13.8 Å². The van der Waals surface area contributed by atoms with Gasteiger partial charge in [0.25, 0.3) is 5.91 Å². The third-order valence-electron chi connectivity index (χ3n) is 1.84. The summed E-state index contributed by atoms with van der Waals surface area (Å²) in [6.07, 6.45) is -0.475. The zero-order valence-corrected chi connectivity index (χ0v) is 10.1. The van der Waals surface area contributed by atoms with Crippen molar-refractivity contribution in [2.45, 2.75) is 26.9 Å². The molecule has 0 aliphatic carbocycles. The molecule has 1 unspecified atom stereocenters. The molecule has 0 spiro atoms. The fourth-order valence-electron chi connectivity index (χ4n) is 1.06. The molecule has 16 heavy (non-hydrogen) atoms. The first-order valence-corrected chi connectivity index (χ1v) is 4.88. The molecule has 5 heteroatoms. The highest BCUT2D eigenvalue weighted by Crippen LogP contribution is 2.00. The maximum atomic E-state index is 11.2. The lowest BCUT2D eigenvalue weighted by Gasteiger charge is -2.20. The summed E-state index contributed by atoms with van der Waals surface area (Å²) < 4.78 is 4.97. The van der Waals surface area contributed by atoms with Gasteiger partial charge in [-0.15, -0.1) is 0 Å². The molecule has 0 aromatic rings. The van der Waals surface area contributed by atoms with Crippen molar-refractivity contribution in [1.29, 1.82) is 0 Å². The fraction of sp³-hybridized carbons (Fsp3) is 0.545. The normalized spacial score (nSPS) is 11.5. The van der Waals surface area contributed by atoms with Gasteiger partial charge in [-0.25, -0.2) is 4.79 Å². The minimum absolute atomic E-state index is 0.178. The van der Waals surface area contributed by atoms with Crippen LogP contribution in [0.3, 0.4) is 0 Å². The first-order valence-electron chi connectivity index (χ1n) is 4.88. The lowest BCUT2D eigenvalue weighted by molar-refractivity contribution is -0.148. The Morgan fingerprint density at radius 1 is 1.31 bits per heavy atom. The lowest BCUT2D eigenvalue weighted by Crippen LogP contribution is -2.38. The second-order valence-corrected chi connectivity index (χ2v) is 3.74. The van der Waals surface area contributed by atoms with Gasteiger partial charge >= 0.3 is 5.97 Å². The first kappa shape index (κ1) is 14.3. The number of carbonyl (C=O) groups excluding carboxylic acids is 3. The van der Waals surface area contributed by atoms with E-state index in [2.05, 4.69) is 6.58 Å². The van der Waals surface area contributed by atoms with Gasteiger partial charge < -0.3 is 9.64 Å². The van der Waals surface area contributed by atoms with Gasteiger partial charge in [-0.3, -0.25) is 9.59 Å². The van der Waals surface area contributed by atoms with Gasteiger partial charge in [0.15, 0.2) is 0 Å². The molecule has 0 fully saturated rings. The summed E-state index contributed by atoms with van der Waals surface area (Å²) in [5.41, 5.74) is 0.299. The van der Waals surface area contributed by atoms with Crippen LogP contribution in [0.25, 0.3) is 0 Å². The van der Waals surface area contributed by atoms with Gasteiger partial charge in [0.05, 0.1) is 6.54 Å². The van der Waals surface area contributed by atoms with Crippen LogP contribution in [0.1, 0.15) is 20.8 Å². The smallest absolute Gasteiger partial charge is 0.333 e. The predicted molar refractivity (Wildman–Crippen MR) is 58.7 cm³/mol. The van der Waals surface area contributed by atoms with Gasteiger partial charge in [0.1, 0.15) is 6.10 Å². The standard InChI is InChI=1S/C11H17NO4/c1-7(2)11(15)16-8(3)6-12(5)10(14)9(4)13/h8H,1,6H2,2-5H3. The molecule has 0 rings (SSSR count). The molecule has 0 heterocycles. The minimum Gasteiger partial charge on any atom is -0.457 e. The zero-order chi connectivity index (χ0) is 12.9. The number of hydrogen-bond donors (Lipinski definition) is 0.